The van der Waals surface area contributed by atoms with Crippen LogP contribution in [-0.2, 0) is 6.18 Å². The van der Waals surface area contributed by atoms with Gasteiger partial charge in [0.15, 0.2) is 0 Å². The molecule has 33 heavy (non-hydrogen) atoms. The molecule has 0 aliphatic rings. The molecular weight excluding hydrogens is 445 g/mol. The van der Waals surface area contributed by atoms with Crippen LogP contribution in [0.15, 0.2) is 59.8 Å². The molecule has 0 spiro atoms. The van der Waals surface area contributed by atoms with Crippen LogP contribution in [0.4, 0.5) is 22.0 Å². The maximum absolute atomic E-state index is 14.5. The zero-order chi connectivity index (χ0) is 23.9. The maximum atomic E-state index is 14.5. The van der Waals surface area contributed by atoms with Crippen LogP contribution in [0.1, 0.15) is 29.7 Å². The molecule has 0 saturated carbocycles. The third-order valence-corrected chi connectivity index (χ3v) is 5.20. The third-order valence-electron chi connectivity index (χ3n) is 5.20. The number of aryl methyl sites for hydroxylation is 1. The lowest BCUT2D eigenvalue weighted by Crippen LogP contribution is -2.17. The standard InChI is InChI=1S/C23H16F5N3O2/c1-12-8-14(24)9-18(25)20(12)13(2)31-11-30-21(32)16-10-15(5-6-19(16)31)33-22-17(23(26,27)28)4-3-7-29-22/h3-11,13H,1-2H3/t13-/m0/s1. The second kappa shape index (κ2) is 8.27. The lowest BCUT2D eigenvalue weighted by molar-refractivity contribution is -0.138. The SMILES string of the molecule is Cc1cc(F)cc(F)c1[C@H](C)n1cnc(=O)c2cc(Oc3ncccc3C(F)(F)F)ccc21. The van der Waals surface area contributed by atoms with E-state index in [1.807, 2.05) is 0 Å². The number of benzene rings is 2. The molecule has 0 amide bonds. The quantitative estimate of drug-likeness (QED) is 0.361. The van der Waals surface area contributed by atoms with Gasteiger partial charge in [0, 0.05) is 17.8 Å². The molecule has 0 aliphatic heterocycles. The largest absolute Gasteiger partial charge is 0.438 e. The lowest BCUT2D eigenvalue weighted by atomic mass is 10.0. The number of alkyl halides is 3. The van der Waals surface area contributed by atoms with Gasteiger partial charge in [-0.15, -0.1) is 0 Å². The number of pyridine rings is 1. The van der Waals surface area contributed by atoms with Gasteiger partial charge in [-0.25, -0.2) is 13.8 Å². The van der Waals surface area contributed by atoms with Crippen molar-refractivity contribution in [1.82, 2.24) is 14.5 Å². The molecule has 10 heteroatoms. The van der Waals surface area contributed by atoms with Crippen molar-refractivity contribution in [2.75, 3.05) is 0 Å². The van der Waals surface area contributed by atoms with Crippen LogP contribution in [0, 0.1) is 18.6 Å². The summed E-state index contributed by atoms with van der Waals surface area (Å²) in [5.41, 5.74) is -0.778. The molecule has 0 aliphatic carbocycles. The first-order valence-corrected chi connectivity index (χ1v) is 9.73. The molecule has 0 bridgehead atoms. The Morgan fingerprint density at radius 1 is 1.06 bits per heavy atom. The van der Waals surface area contributed by atoms with Crippen LogP contribution in [0.3, 0.4) is 0 Å². The number of hydrogen-bond donors (Lipinski definition) is 0. The minimum absolute atomic E-state index is 0.0477. The van der Waals surface area contributed by atoms with Crippen molar-refractivity contribution >= 4 is 10.9 Å². The predicted octanol–water partition coefficient (Wildman–Crippen LogP) is 5.80. The maximum Gasteiger partial charge on any atom is 0.421 e. The highest BCUT2D eigenvalue weighted by Gasteiger charge is 2.35. The molecule has 0 unspecified atom stereocenters. The molecule has 0 radical (unpaired) electrons. The molecule has 1 atom stereocenters. The van der Waals surface area contributed by atoms with E-state index in [1.165, 1.54) is 35.2 Å². The summed E-state index contributed by atoms with van der Waals surface area (Å²) in [4.78, 5) is 19.8. The molecule has 2 aromatic heterocycles. The summed E-state index contributed by atoms with van der Waals surface area (Å²) in [6.45, 7) is 3.22. The summed E-state index contributed by atoms with van der Waals surface area (Å²) < 4.78 is 74.5. The van der Waals surface area contributed by atoms with Gasteiger partial charge in [-0.2, -0.15) is 18.2 Å². The van der Waals surface area contributed by atoms with Gasteiger partial charge < -0.3 is 9.30 Å². The van der Waals surface area contributed by atoms with Gasteiger partial charge in [0.25, 0.3) is 5.56 Å². The van der Waals surface area contributed by atoms with Gasteiger partial charge in [-0.05, 0) is 55.8 Å². The topological polar surface area (TPSA) is 57.0 Å². The number of fused-ring (bicyclic) bond motifs is 1. The number of rotatable bonds is 4. The first-order valence-electron chi connectivity index (χ1n) is 9.73. The van der Waals surface area contributed by atoms with Crippen molar-refractivity contribution < 1.29 is 26.7 Å². The van der Waals surface area contributed by atoms with Gasteiger partial charge in [-0.1, -0.05) is 0 Å². The normalized spacial score (nSPS) is 12.7. The van der Waals surface area contributed by atoms with Crippen LogP contribution < -0.4 is 10.3 Å². The molecule has 170 valence electrons. The van der Waals surface area contributed by atoms with E-state index >= 15 is 0 Å². The van der Waals surface area contributed by atoms with Gasteiger partial charge in [-0.3, -0.25) is 4.79 Å². The Labute approximate surface area is 184 Å². The summed E-state index contributed by atoms with van der Waals surface area (Å²) in [6, 6.07) is 7.34. The fraction of sp³-hybridized carbons (Fsp3) is 0.174. The molecular formula is C23H16F5N3O2. The molecule has 2 aromatic carbocycles. The number of nitrogens with zero attached hydrogens (tertiary/aromatic N) is 3. The van der Waals surface area contributed by atoms with Crippen molar-refractivity contribution in [3.8, 4) is 11.6 Å². The Morgan fingerprint density at radius 2 is 1.82 bits per heavy atom. The Hall–Kier alpha value is -3.82. The van der Waals surface area contributed by atoms with E-state index in [9.17, 15) is 26.7 Å². The highest BCUT2D eigenvalue weighted by Crippen LogP contribution is 2.37. The average molecular weight is 461 g/mol. The van der Waals surface area contributed by atoms with Gasteiger partial charge >= 0.3 is 6.18 Å². The van der Waals surface area contributed by atoms with Crippen LogP contribution >= 0.6 is 0 Å². The Morgan fingerprint density at radius 3 is 2.52 bits per heavy atom. The molecule has 4 rings (SSSR count). The number of ether oxygens (including phenoxy) is 1. The highest BCUT2D eigenvalue weighted by molar-refractivity contribution is 5.80. The Balaban J connectivity index is 1.79. The van der Waals surface area contributed by atoms with Crippen molar-refractivity contribution in [2.24, 2.45) is 0 Å². The summed E-state index contributed by atoms with van der Waals surface area (Å²) in [6.07, 6.45) is -2.29. The van der Waals surface area contributed by atoms with Crippen molar-refractivity contribution in [3.05, 3.63) is 93.7 Å². The van der Waals surface area contributed by atoms with Crippen LogP contribution in [-0.4, -0.2) is 14.5 Å². The monoisotopic (exact) mass is 461 g/mol. The van der Waals surface area contributed by atoms with Gasteiger partial charge in [0.05, 0.1) is 23.3 Å². The van der Waals surface area contributed by atoms with E-state index in [2.05, 4.69) is 9.97 Å². The van der Waals surface area contributed by atoms with Crippen molar-refractivity contribution in [3.63, 3.8) is 0 Å². The summed E-state index contributed by atoms with van der Waals surface area (Å²) in [5.74, 6) is -2.17. The van der Waals surface area contributed by atoms with Gasteiger partial charge in [0.1, 0.15) is 22.9 Å². The molecule has 0 saturated heterocycles. The fourth-order valence-electron chi connectivity index (χ4n) is 3.71. The Kier molecular flexibility index (Phi) is 5.61. The number of hydrogen-bond acceptors (Lipinski definition) is 4. The second-order valence-electron chi connectivity index (χ2n) is 7.39. The van der Waals surface area contributed by atoms with Crippen LogP contribution in [0.25, 0.3) is 10.9 Å². The second-order valence-corrected chi connectivity index (χ2v) is 7.39. The van der Waals surface area contributed by atoms with E-state index in [4.69, 9.17) is 4.74 Å². The average Bonchev–Trinajstić information content (AvgIpc) is 2.73. The van der Waals surface area contributed by atoms with E-state index in [0.717, 1.165) is 24.4 Å². The first-order chi connectivity index (χ1) is 15.6. The Bertz CT molecular complexity index is 1390. The molecule has 5 nitrogen and oxygen atoms in total. The summed E-state index contributed by atoms with van der Waals surface area (Å²) in [5, 5.41) is 0.0477. The van der Waals surface area contributed by atoms with Crippen LogP contribution in [0.5, 0.6) is 11.6 Å². The smallest absolute Gasteiger partial charge is 0.421 e. The third kappa shape index (κ3) is 4.28. The molecule has 4 aromatic rings. The van der Waals surface area contributed by atoms with E-state index < -0.39 is 40.9 Å². The van der Waals surface area contributed by atoms with Crippen molar-refractivity contribution in [1.29, 1.82) is 0 Å². The zero-order valence-corrected chi connectivity index (χ0v) is 17.3. The fourth-order valence-corrected chi connectivity index (χ4v) is 3.71. The van der Waals surface area contributed by atoms with Crippen LogP contribution in [0.2, 0.25) is 0 Å². The first kappa shape index (κ1) is 22.4. The zero-order valence-electron chi connectivity index (χ0n) is 17.3. The van der Waals surface area contributed by atoms with Crippen molar-refractivity contribution in [2.45, 2.75) is 26.1 Å². The highest BCUT2D eigenvalue weighted by atomic mass is 19.4. The van der Waals surface area contributed by atoms with E-state index in [0.29, 0.717) is 11.1 Å². The number of aromatic nitrogens is 3. The molecule has 0 fully saturated rings. The lowest BCUT2D eigenvalue weighted by Gasteiger charge is -2.21. The molecule has 2 heterocycles. The summed E-state index contributed by atoms with van der Waals surface area (Å²) >= 11 is 0. The minimum atomic E-state index is -4.68. The van der Waals surface area contributed by atoms with Gasteiger partial charge in [0.2, 0.25) is 5.88 Å². The van der Waals surface area contributed by atoms with E-state index in [1.54, 1.807) is 13.8 Å². The molecule has 0 N–H and O–H groups in total. The summed E-state index contributed by atoms with van der Waals surface area (Å²) in [7, 11) is 0. The predicted molar refractivity (Wildman–Crippen MR) is 110 cm³/mol. The minimum Gasteiger partial charge on any atom is -0.438 e. The van der Waals surface area contributed by atoms with E-state index in [-0.39, 0.29) is 16.7 Å². The number of halogens is 5.